The molecule has 1 amide bonds. The average molecular weight is 273 g/mol. The summed E-state index contributed by atoms with van der Waals surface area (Å²) in [6, 6.07) is 7.79. The summed E-state index contributed by atoms with van der Waals surface area (Å²) in [5.74, 6) is 1.67. The Bertz CT molecular complexity index is 538. The maximum Gasteiger partial charge on any atom is 0.223 e. The van der Waals surface area contributed by atoms with E-state index < -0.39 is 0 Å². The molecule has 1 aromatic carbocycles. The third kappa shape index (κ3) is 4.76. The molecule has 1 aromatic heterocycles. The van der Waals surface area contributed by atoms with Gasteiger partial charge in [-0.1, -0.05) is 12.1 Å². The van der Waals surface area contributed by atoms with Crippen LogP contribution in [0.2, 0.25) is 0 Å². The van der Waals surface area contributed by atoms with E-state index in [4.69, 9.17) is 4.74 Å². The zero-order valence-corrected chi connectivity index (χ0v) is 11.6. The summed E-state index contributed by atoms with van der Waals surface area (Å²) in [4.78, 5) is 18.7. The maximum absolute atomic E-state index is 11.6. The molecule has 5 heteroatoms. The molecule has 0 atom stereocenters. The van der Waals surface area contributed by atoms with Crippen molar-refractivity contribution in [3.63, 3.8) is 0 Å². The Balaban J connectivity index is 1.60. The minimum absolute atomic E-state index is 0.00999. The molecule has 1 heterocycles. The van der Waals surface area contributed by atoms with Crippen molar-refractivity contribution in [1.29, 1.82) is 0 Å². The zero-order valence-electron chi connectivity index (χ0n) is 11.6. The average Bonchev–Trinajstić information content (AvgIpc) is 2.92. The molecule has 2 rings (SSSR count). The first-order valence-electron chi connectivity index (χ1n) is 6.68. The number of H-pyrrole nitrogens is 1. The lowest BCUT2D eigenvalue weighted by molar-refractivity contribution is -0.121. The number of hydrogen-bond acceptors (Lipinski definition) is 3. The number of aromatic nitrogens is 2. The van der Waals surface area contributed by atoms with Gasteiger partial charge in [-0.3, -0.25) is 4.79 Å². The smallest absolute Gasteiger partial charge is 0.223 e. The quantitative estimate of drug-likeness (QED) is 0.809. The van der Waals surface area contributed by atoms with Gasteiger partial charge in [0.15, 0.2) is 0 Å². The van der Waals surface area contributed by atoms with Crippen LogP contribution in [0.4, 0.5) is 0 Å². The van der Waals surface area contributed by atoms with Gasteiger partial charge in [-0.2, -0.15) is 0 Å². The summed E-state index contributed by atoms with van der Waals surface area (Å²) >= 11 is 0. The standard InChI is InChI=1S/C15H19N3O2/c1-12-3-2-4-13(11-12)20-10-6-15(19)18-7-5-14-16-8-9-17-14/h2-4,8-9,11H,5-7,10H2,1H3,(H,16,17)(H,18,19). The molecule has 0 radical (unpaired) electrons. The van der Waals surface area contributed by atoms with Crippen molar-refractivity contribution in [1.82, 2.24) is 15.3 Å². The van der Waals surface area contributed by atoms with Crippen molar-refractivity contribution in [2.45, 2.75) is 19.8 Å². The fourth-order valence-electron chi connectivity index (χ4n) is 1.81. The number of nitrogens with one attached hydrogen (secondary N) is 2. The van der Waals surface area contributed by atoms with Gasteiger partial charge in [-0.05, 0) is 24.6 Å². The summed E-state index contributed by atoms with van der Waals surface area (Å²) in [7, 11) is 0. The predicted octanol–water partition coefficient (Wildman–Crippen LogP) is 1.85. The molecule has 20 heavy (non-hydrogen) atoms. The lowest BCUT2D eigenvalue weighted by atomic mass is 10.2. The van der Waals surface area contributed by atoms with Crippen LogP contribution in [0.3, 0.4) is 0 Å². The molecule has 0 aliphatic rings. The van der Waals surface area contributed by atoms with Crippen molar-refractivity contribution in [3.05, 3.63) is 48.0 Å². The van der Waals surface area contributed by atoms with Gasteiger partial charge in [0.05, 0.1) is 13.0 Å². The lowest BCUT2D eigenvalue weighted by Gasteiger charge is -2.07. The second-order valence-electron chi connectivity index (χ2n) is 4.55. The number of aryl methyl sites for hydroxylation is 1. The maximum atomic E-state index is 11.6. The van der Waals surface area contributed by atoms with Crippen LogP contribution in [0.1, 0.15) is 17.8 Å². The first kappa shape index (κ1) is 14.1. The number of imidazole rings is 1. The van der Waals surface area contributed by atoms with Crippen LogP contribution in [-0.2, 0) is 11.2 Å². The van der Waals surface area contributed by atoms with E-state index in [9.17, 15) is 4.79 Å². The lowest BCUT2D eigenvalue weighted by Crippen LogP contribution is -2.27. The van der Waals surface area contributed by atoms with E-state index in [0.717, 1.165) is 17.1 Å². The number of carbonyl (C=O) groups excluding carboxylic acids is 1. The van der Waals surface area contributed by atoms with Gasteiger partial charge in [0.2, 0.25) is 5.91 Å². The number of hydrogen-bond donors (Lipinski definition) is 2. The molecule has 2 aromatic rings. The minimum Gasteiger partial charge on any atom is -0.493 e. The fraction of sp³-hybridized carbons (Fsp3) is 0.333. The third-order valence-corrected chi connectivity index (χ3v) is 2.83. The Morgan fingerprint density at radius 3 is 3.10 bits per heavy atom. The highest BCUT2D eigenvalue weighted by molar-refractivity contribution is 5.75. The van der Waals surface area contributed by atoms with Gasteiger partial charge >= 0.3 is 0 Å². The Labute approximate surface area is 118 Å². The first-order valence-corrected chi connectivity index (χ1v) is 6.68. The Hall–Kier alpha value is -2.30. The van der Waals surface area contributed by atoms with Gasteiger partial charge in [0.1, 0.15) is 11.6 Å². The highest BCUT2D eigenvalue weighted by atomic mass is 16.5. The third-order valence-electron chi connectivity index (χ3n) is 2.83. The number of nitrogens with zero attached hydrogens (tertiary/aromatic N) is 1. The second-order valence-corrected chi connectivity index (χ2v) is 4.55. The largest absolute Gasteiger partial charge is 0.493 e. The van der Waals surface area contributed by atoms with Gasteiger partial charge in [0, 0.05) is 25.4 Å². The van der Waals surface area contributed by atoms with Crippen LogP contribution < -0.4 is 10.1 Å². The SMILES string of the molecule is Cc1cccc(OCCC(=O)NCCc2ncc[nH]2)c1. The van der Waals surface area contributed by atoms with Gasteiger partial charge in [0.25, 0.3) is 0 Å². The van der Waals surface area contributed by atoms with Crippen molar-refractivity contribution >= 4 is 5.91 Å². The predicted molar refractivity (Wildman–Crippen MR) is 76.6 cm³/mol. The summed E-state index contributed by atoms with van der Waals surface area (Å²) in [6.45, 7) is 2.97. The van der Waals surface area contributed by atoms with Crippen molar-refractivity contribution in [3.8, 4) is 5.75 Å². The van der Waals surface area contributed by atoms with E-state index in [1.807, 2.05) is 31.2 Å². The normalized spacial score (nSPS) is 10.2. The summed E-state index contributed by atoms with van der Waals surface area (Å²) in [6.07, 6.45) is 4.53. The molecule has 0 unspecified atom stereocenters. The molecule has 0 saturated carbocycles. The highest BCUT2D eigenvalue weighted by Crippen LogP contribution is 2.12. The Morgan fingerprint density at radius 1 is 1.45 bits per heavy atom. The van der Waals surface area contributed by atoms with E-state index in [-0.39, 0.29) is 5.91 Å². The molecule has 0 aliphatic carbocycles. The molecule has 0 bridgehead atoms. The Morgan fingerprint density at radius 2 is 2.35 bits per heavy atom. The van der Waals surface area contributed by atoms with Gasteiger partial charge < -0.3 is 15.0 Å². The van der Waals surface area contributed by atoms with Gasteiger partial charge in [-0.15, -0.1) is 0 Å². The number of aromatic amines is 1. The van der Waals surface area contributed by atoms with Crippen LogP contribution in [0.15, 0.2) is 36.7 Å². The monoisotopic (exact) mass is 273 g/mol. The molecule has 106 valence electrons. The number of ether oxygens (including phenoxy) is 1. The van der Waals surface area contributed by atoms with Gasteiger partial charge in [-0.25, -0.2) is 4.98 Å². The van der Waals surface area contributed by atoms with E-state index >= 15 is 0 Å². The van der Waals surface area contributed by atoms with E-state index in [1.165, 1.54) is 0 Å². The molecule has 0 fully saturated rings. The fourth-order valence-corrected chi connectivity index (χ4v) is 1.81. The molecular weight excluding hydrogens is 254 g/mol. The summed E-state index contributed by atoms with van der Waals surface area (Å²) < 4.78 is 5.53. The Kier molecular flexibility index (Phi) is 5.17. The minimum atomic E-state index is -0.00999. The molecule has 0 saturated heterocycles. The van der Waals surface area contributed by atoms with Crippen molar-refractivity contribution < 1.29 is 9.53 Å². The summed E-state index contributed by atoms with van der Waals surface area (Å²) in [5.41, 5.74) is 1.14. The highest BCUT2D eigenvalue weighted by Gasteiger charge is 2.02. The molecule has 0 spiro atoms. The molecule has 5 nitrogen and oxygen atoms in total. The topological polar surface area (TPSA) is 67.0 Å². The first-order chi connectivity index (χ1) is 9.74. The van der Waals surface area contributed by atoms with Crippen LogP contribution in [0.25, 0.3) is 0 Å². The van der Waals surface area contributed by atoms with Crippen molar-refractivity contribution in [2.24, 2.45) is 0 Å². The van der Waals surface area contributed by atoms with E-state index in [1.54, 1.807) is 12.4 Å². The van der Waals surface area contributed by atoms with Crippen LogP contribution >= 0.6 is 0 Å². The van der Waals surface area contributed by atoms with Crippen LogP contribution in [0.5, 0.6) is 5.75 Å². The van der Waals surface area contributed by atoms with Crippen molar-refractivity contribution in [2.75, 3.05) is 13.2 Å². The molecule has 2 N–H and O–H groups in total. The van der Waals surface area contributed by atoms with Crippen LogP contribution in [0, 0.1) is 6.92 Å². The number of carbonyl (C=O) groups is 1. The zero-order chi connectivity index (χ0) is 14.2. The molecule has 0 aliphatic heterocycles. The van der Waals surface area contributed by atoms with E-state index in [2.05, 4.69) is 15.3 Å². The van der Waals surface area contributed by atoms with Crippen LogP contribution in [-0.4, -0.2) is 29.0 Å². The number of amides is 1. The molecular formula is C15H19N3O2. The summed E-state index contributed by atoms with van der Waals surface area (Å²) in [5, 5.41) is 2.84. The number of rotatable bonds is 7. The van der Waals surface area contributed by atoms with E-state index in [0.29, 0.717) is 26.0 Å². The second kappa shape index (κ2) is 7.33. The number of benzene rings is 1.